The molecule has 152 valence electrons. The molecule has 0 aliphatic rings. The van der Waals surface area contributed by atoms with Crippen molar-refractivity contribution in [2.75, 3.05) is 26.4 Å². The maximum atomic E-state index is 12.6. The van der Waals surface area contributed by atoms with Gasteiger partial charge in [0.05, 0.1) is 18.5 Å². The Kier molecular flexibility index (Phi) is 6.14. The summed E-state index contributed by atoms with van der Waals surface area (Å²) in [4.78, 5) is 14.4. The third-order valence-corrected chi connectivity index (χ3v) is 3.71. The summed E-state index contributed by atoms with van der Waals surface area (Å²) in [5, 5.41) is 19.1. The topological polar surface area (TPSA) is 150 Å². The molecule has 29 heavy (non-hydrogen) atoms. The van der Waals surface area contributed by atoms with E-state index in [2.05, 4.69) is 35.8 Å². The van der Waals surface area contributed by atoms with Gasteiger partial charge in [0.15, 0.2) is 5.69 Å². The highest BCUT2D eigenvalue weighted by atomic mass is 16.6. The Morgan fingerprint density at radius 2 is 2.10 bits per heavy atom. The summed E-state index contributed by atoms with van der Waals surface area (Å²) in [6, 6.07) is 7.30. The van der Waals surface area contributed by atoms with Crippen molar-refractivity contribution in [2.24, 2.45) is 5.10 Å². The van der Waals surface area contributed by atoms with Crippen LogP contribution < -0.4 is 15.9 Å². The Morgan fingerprint density at radius 3 is 2.72 bits per heavy atom. The zero-order chi connectivity index (χ0) is 20.8. The molecule has 0 saturated heterocycles. The van der Waals surface area contributed by atoms with E-state index in [0.29, 0.717) is 18.8 Å². The average molecular weight is 399 g/mol. The lowest BCUT2D eigenvalue weighted by molar-refractivity contribution is 0.0948. The molecule has 0 atom stereocenters. The number of benzene rings is 1. The van der Waals surface area contributed by atoms with Crippen LogP contribution in [-0.2, 0) is 6.54 Å². The molecular formula is C17H21N9O3. The molecule has 0 fully saturated rings. The van der Waals surface area contributed by atoms with Crippen LogP contribution in [0.4, 0.5) is 5.82 Å². The zero-order valence-corrected chi connectivity index (χ0v) is 16.2. The third kappa shape index (κ3) is 4.73. The molecule has 0 spiro atoms. The lowest BCUT2D eigenvalue weighted by Gasteiger charge is -2.11. The number of anilines is 1. The Labute approximate surface area is 166 Å². The first kappa shape index (κ1) is 19.9. The van der Waals surface area contributed by atoms with Gasteiger partial charge in [-0.15, -0.1) is 5.10 Å². The first-order valence-corrected chi connectivity index (χ1v) is 8.73. The molecule has 0 unspecified atom stereocenters. The highest BCUT2D eigenvalue weighted by Gasteiger charge is 2.24. The number of nitrogens with zero attached hydrogens (tertiary/aromatic N) is 7. The van der Waals surface area contributed by atoms with E-state index < -0.39 is 5.91 Å². The second-order valence-corrected chi connectivity index (χ2v) is 6.21. The largest absolute Gasteiger partial charge is 0.494 e. The molecule has 0 radical (unpaired) electrons. The number of nitrogens with one attached hydrogen (secondary N) is 1. The summed E-state index contributed by atoms with van der Waals surface area (Å²) in [6.07, 6.45) is 1.52. The summed E-state index contributed by atoms with van der Waals surface area (Å²) < 4.78 is 11.3. The molecule has 1 amide bonds. The van der Waals surface area contributed by atoms with Crippen LogP contribution in [0.2, 0.25) is 0 Å². The smallest absolute Gasteiger partial charge is 0.293 e. The summed E-state index contributed by atoms with van der Waals surface area (Å²) in [5.74, 6) is 0.437. The van der Waals surface area contributed by atoms with E-state index in [9.17, 15) is 4.79 Å². The van der Waals surface area contributed by atoms with E-state index in [4.69, 9.17) is 10.5 Å². The summed E-state index contributed by atoms with van der Waals surface area (Å²) >= 11 is 0. The molecule has 2 heterocycles. The number of carbonyl (C=O) groups is 1. The molecule has 3 rings (SSSR count). The van der Waals surface area contributed by atoms with Gasteiger partial charge in [0, 0.05) is 6.54 Å². The van der Waals surface area contributed by atoms with Crippen LogP contribution in [0.25, 0.3) is 5.82 Å². The molecule has 0 aliphatic carbocycles. The van der Waals surface area contributed by atoms with Gasteiger partial charge in [0.2, 0.25) is 11.6 Å². The lowest BCUT2D eigenvalue weighted by Crippen LogP contribution is -2.23. The van der Waals surface area contributed by atoms with Crippen LogP contribution in [0.1, 0.15) is 28.7 Å². The van der Waals surface area contributed by atoms with Crippen molar-refractivity contribution in [2.45, 2.75) is 13.5 Å². The number of hydrogen-bond donors (Lipinski definition) is 2. The van der Waals surface area contributed by atoms with E-state index >= 15 is 0 Å². The van der Waals surface area contributed by atoms with Crippen LogP contribution in [0, 0.1) is 0 Å². The zero-order valence-electron chi connectivity index (χ0n) is 16.2. The van der Waals surface area contributed by atoms with Crippen molar-refractivity contribution in [3.63, 3.8) is 0 Å². The van der Waals surface area contributed by atoms with Gasteiger partial charge in [-0.1, -0.05) is 5.21 Å². The minimum absolute atomic E-state index is 0.0374. The number of carbonyl (C=O) groups excluding carboxylic acids is 1. The average Bonchev–Trinajstić information content (AvgIpc) is 3.28. The third-order valence-electron chi connectivity index (χ3n) is 3.71. The maximum Gasteiger partial charge on any atom is 0.293 e. The van der Waals surface area contributed by atoms with Gasteiger partial charge in [0.1, 0.15) is 5.75 Å². The lowest BCUT2D eigenvalue weighted by atomic mass is 10.2. The second kappa shape index (κ2) is 8.93. The number of aromatic nitrogens is 5. The molecule has 3 aromatic rings. The molecule has 12 nitrogen and oxygen atoms in total. The predicted octanol–water partition coefficient (Wildman–Crippen LogP) is 0.457. The number of rotatable bonds is 8. The van der Waals surface area contributed by atoms with Gasteiger partial charge in [-0.2, -0.15) is 9.78 Å². The van der Waals surface area contributed by atoms with Gasteiger partial charge >= 0.3 is 0 Å². The van der Waals surface area contributed by atoms with Crippen molar-refractivity contribution >= 4 is 17.9 Å². The number of ether oxygens (including phenoxy) is 1. The van der Waals surface area contributed by atoms with Crippen LogP contribution in [-0.4, -0.2) is 63.0 Å². The van der Waals surface area contributed by atoms with Crippen LogP contribution in [0.15, 0.2) is 34.0 Å². The fourth-order valence-electron chi connectivity index (χ4n) is 2.46. The first-order valence-electron chi connectivity index (χ1n) is 8.73. The number of hydrazone groups is 1. The van der Waals surface area contributed by atoms with Gasteiger partial charge < -0.3 is 15.4 Å². The number of hydrogen-bond acceptors (Lipinski definition) is 10. The molecule has 1 aromatic carbocycles. The number of amides is 1. The van der Waals surface area contributed by atoms with Crippen LogP contribution in [0.3, 0.4) is 0 Å². The molecule has 3 N–H and O–H groups in total. The fourth-order valence-corrected chi connectivity index (χ4v) is 2.46. The second-order valence-electron chi connectivity index (χ2n) is 6.21. The maximum absolute atomic E-state index is 12.6. The molecule has 12 heteroatoms. The highest BCUT2D eigenvalue weighted by molar-refractivity contribution is 5.94. The Bertz CT molecular complexity index is 992. The molecule has 0 bridgehead atoms. The molecule has 0 aliphatic heterocycles. The quantitative estimate of drug-likeness (QED) is 0.407. The predicted molar refractivity (Wildman–Crippen MR) is 104 cm³/mol. The standard InChI is InChI=1S/C17H21N9O3/c1-4-28-12-7-5-11(6-8-12)9-19-21-17(27)14-13(10-25(2)3)26(24-20-14)16-15(18)22-29-23-16/h5-9H,4,10H2,1-3H3,(H2,18,22)(H,21,27). The van der Waals surface area contributed by atoms with Crippen molar-refractivity contribution in [3.05, 3.63) is 41.2 Å². The van der Waals surface area contributed by atoms with E-state index in [1.807, 2.05) is 50.2 Å². The van der Waals surface area contributed by atoms with E-state index in [-0.39, 0.29) is 17.3 Å². The highest BCUT2D eigenvalue weighted by Crippen LogP contribution is 2.17. The van der Waals surface area contributed by atoms with E-state index in [1.54, 1.807) is 0 Å². The van der Waals surface area contributed by atoms with Gasteiger partial charge in [-0.25, -0.2) is 10.1 Å². The van der Waals surface area contributed by atoms with Crippen molar-refractivity contribution in [3.8, 4) is 11.6 Å². The summed E-state index contributed by atoms with van der Waals surface area (Å²) in [6.45, 7) is 2.86. The minimum atomic E-state index is -0.523. The minimum Gasteiger partial charge on any atom is -0.494 e. The number of nitrogens with two attached hydrogens (primary N) is 1. The van der Waals surface area contributed by atoms with Gasteiger partial charge in [-0.05, 0) is 61.2 Å². The summed E-state index contributed by atoms with van der Waals surface area (Å²) in [7, 11) is 3.68. The van der Waals surface area contributed by atoms with Crippen LogP contribution >= 0.6 is 0 Å². The molecular weight excluding hydrogens is 378 g/mol. The van der Waals surface area contributed by atoms with Gasteiger partial charge in [-0.3, -0.25) is 4.79 Å². The van der Waals surface area contributed by atoms with Crippen molar-refractivity contribution in [1.29, 1.82) is 0 Å². The number of nitrogen functional groups attached to an aromatic ring is 1. The van der Waals surface area contributed by atoms with E-state index in [0.717, 1.165) is 11.3 Å². The molecule has 2 aromatic heterocycles. The Morgan fingerprint density at radius 1 is 1.34 bits per heavy atom. The first-order chi connectivity index (χ1) is 14.0. The van der Waals surface area contributed by atoms with E-state index in [1.165, 1.54) is 10.9 Å². The Balaban J connectivity index is 1.76. The Hall–Kier alpha value is -3.80. The SMILES string of the molecule is CCOc1ccc(C=NNC(=O)c2nnn(-c3nonc3N)c2CN(C)C)cc1. The van der Waals surface area contributed by atoms with Crippen LogP contribution in [0.5, 0.6) is 5.75 Å². The monoisotopic (exact) mass is 399 g/mol. The molecule has 0 saturated carbocycles. The fraction of sp³-hybridized carbons (Fsp3) is 0.294. The van der Waals surface area contributed by atoms with Crippen molar-refractivity contribution < 1.29 is 14.2 Å². The van der Waals surface area contributed by atoms with Crippen molar-refractivity contribution in [1.82, 2.24) is 35.6 Å². The summed E-state index contributed by atoms with van der Waals surface area (Å²) in [5.41, 5.74) is 9.53. The van der Waals surface area contributed by atoms with Gasteiger partial charge in [0.25, 0.3) is 5.91 Å². The normalized spacial score (nSPS) is 11.3.